The van der Waals surface area contributed by atoms with E-state index in [1.807, 2.05) is 76.2 Å². The summed E-state index contributed by atoms with van der Waals surface area (Å²) in [6, 6.07) is 60.1. The van der Waals surface area contributed by atoms with Crippen LogP contribution in [0.3, 0.4) is 0 Å². The average molecular weight is 825 g/mol. The van der Waals surface area contributed by atoms with Gasteiger partial charge >= 0.3 is 0 Å². The van der Waals surface area contributed by atoms with Crippen LogP contribution in [0.15, 0.2) is 200 Å². The molecular formula is C59H60N4. The normalized spacial score (nSPS) is 11.2. The van der Waals surface area contributed by atoms with Gasteiger partial charge in [0.05, 0.1) is 28.3 Å². The predicted molar refractivity (Wildman–Crippen MR) is 278 cm³/mol. The van der Waals surface area contributed by atoms with Crippen LogP contribution in [0.25, 0.3) is 71.2 Å². The van der Waals surface area contributed by atoms with Gasteiger partial charge in [-0.3, -0.25) is 4.99 Å². The van der Waals surface area contributed by atoms with Crippen LogP contribution < -0.4 is 5.73 Å². The van der Waals surface area contributed by atoms with Gasteiger partial charge in [-0.25, -0.2) is 0 Å². The van der Waals surface area contributed by atoms with Crippen molar-refractivity contribution in [3.05, 3.63) is 217 Å². The summed E-state index contributed by atoms with van der Waals surface area (Å²) in [6.45, 7) is 21.9. The van der Waals surface area contributed by atoms with E-state index in [1.54, 1.807) is 0 Å². The van der Waals surface area contributed by atoms with Crippen molar-refractivity contribution in [2.24, 2.45) is 17.8 Å². The standard InChI is InChI=1S/C33H26N2.C18H16N2.C4H8.C2H6.C2H4/c1-21-13-16-24(17-14-21)35-30-19-22(2)15-18-25(30)28-20-27(23-9-5-4-6-10-23)32-31(33(28)35)26-11-7-8-12-29(26)34(32)3;1-20-17-9-5-4-8-16(17)18(19)15-11-10-13-6-2-3-7-14(13)12-15;1-3-4-2;2*1-2/h4-20H,1-3H3;2-12,18H,1,19H2;3-4H,1-2H3;1-2H3;1-2H2/b;;4-3-;;. The number of allylic oxidation sites excluding steroid dienone is 2. The van der Waals surface area contributed by atoms with Crippen LogP contribution in [0, 0.1) is 13.8 Å². The minimum atomic E-state index is -0.193. The molecule has 4 heteroatoms. The van der Waals surface area contributed by atoms with Gasteiger partial charge in [0.1, 0.15) is 0 Å². The van der Waals surface area contributed by atoms with Gasteiger partial charge in [-0.1, -0.05) is 159 Å². The quantitative estimate of drug-likeness (QED) is 0.136. The Labute approximate surface area is 374 Å². The molecule has 10 rings (SSSR count). The van der Waals surface area contributed by atoms with Crippen LogP contribution in [-0.4, -0.2) is 15.9 Å². The number of hydrogen-bond acceptors (Lipinski definition) is 2. The van der Waals surface area contributed by atoms with Gasteiger partial charge in [-0.05, 0) is 110 Å². The highest BCUT2D eigenvalue weighted by molar-refractivity contribution is 6.28. The molecule has 0 bridgehead atoms. The third kappa shape index (κ3) is 9.18. The second-order valence-corrected chi connectivity index (χ2v) is 15.1. The fraction of sp³-hybridized carbons (Fsp3) is 0.136. The molecule has 0 amide bonds. The summed E-state index contributed by atoms with van der Waals surface area (Å²) < 4.78 is 4.84. The van der Waals surface area contributed by atoms with E-state index in [0.29, 0.717) is 0 Å². The molecule has 0 saturated carbocycles. The number of hydrogen-bond donors (Lipinski definition) is 1. The van der Waals surface area contributed by atoms with E-state index >= 15 is 0 Å². The van der Waals surface area contributed by atoms with Gasteiger partial charge in [0.25, 0.3) is 0 Å². The van der Waals surface area contributed by atoms with Crippen molar-refractivity contribution in [3.63, 3.8) is 0 Å². The molecule has 63 heavy (non-hydrogen) atoms. The van der Waals surface area contributed by atoms with Crippen molar-refractivity contribution < 1.29 is 0 Å². The van der Waals surface area contributed by atoms with E-state index < -0.39 is 0 Å². The van der Waals surface area contributed by atoms with Gasteiger partial charge in [-0.15, -0.1) is 13.2 Å². The molecule has 1 unspecified atom stereocenters. The molecule has 2 heterocycles. The molecule has 1 atom stereocenters. The lowest BCUT2D eigenvalue weighted by Crippen LogP contribution is -2.11. The summed E-state index contributed by atoms with van der Waals surface area (Å²) in [7, 11) is 2.20. The minimum absolute atomic E-state index is 0.193. The number of fused-ring (bicyclic) bond motifs is 8. The molecule has 0 aliphatic carbocycles. The van der Waals surface area contributed by atoms with Crippen LogP contribution in [-0.2, 0) is 7.05 Å². The van der Waals surface area contributed by atoms with Crippen LogP contribution in [0.5, 0.6) is 0 Å². The lowest BCUT2D eigenvalue weighted by Gasteiger charge is -2.15. The van der Waals surface area contributed by atoms with Gasteiger partial charge < -0.3 is 14.9 Å². The first-order valence-electron chi connectivity index (χ1n) is 21.8. The van der Waals surface area contributed by atoms with E-state index in [2.05, 4.69) is 188 Å². The zero-order valence-corrected chi connectivity index (χ0v) is 37.9. The lowest BCUT2D eigenvalue weighted by molar-refractivity contribution is 0.874. The Bertz CT molecular complexity index is 3140. The van der Waals surface area contributed by atoms with E-state index in [9.17, 15) is 0 Å². The highest BCUT2D eigenvalue weighted by Crippen LogP contribution is 2.45. The molecule has 2 N–H and O–H groups in total. The molecule has 0 aliphatic rings. The maximum Gasteiger partial charge on any atom is 0.0673 e. The zero-order valence-electron chi connectivity index (χ0n) is 37.9. The Morgan fingerprint density at radius 1 is 0.571 bits per heavy atom. The number of aliphatic imine (C=N–C) groups is 1. The highest BCUT2D eigenvalue weighted by Gasteiger charge is 2.22. The number of nitrogens with zero attached hydrogens (tertiary/aromatic N) is 3. The van der Waals surface area contributed by atoms with Crippen molar-refractivity contribution in [1.82, 2.24) is 9.13 Å². The first-order valence-corrected chi connectivity index (χ1v) is 21.8. The van der Waals surface area contributed by atoms with Crippen LogP contribution >= 0.6 is 0 Å². The number of benzene rings is 8. The summed E-state index contributed by atoms with van der Waals surface area (Å²) in [5.74, 6) is 0. The number of para-hydroxylation sites is 2. The molecule has 316 valence electrons. The first-order chi connectivity index (χ1) is 30.8. The van der Waals surface area contributed by atoms with Crippen molar-refractivity contribution >= 4 is 66.8 Å². The average Bonchev–Trinajstić information content (AvgIpc) is 3.83. The largest absolute Gasteiger partial charge is 0.343 e. The summed E-state index contributed by atoms with van der Waals surface area (Å²) in [5.41, 5.74) is 20.6. The van der Waals surface area contributed by atoms with Crippen molar-refractivity contribution in [3.8, 4) is 16.8 Å². The SMILES string of the molecule is C/C=C\C.C=C.C=Nc1ccccc1C(N)c1ccc2ccccc2c1.CC.Cc1ccc(-n2c3cc(C)ccc3c3cc(-c4ccccc4)c4c(c5ccccc5n4C)c32)cc1. The number of nitrogens with two attached hydrogens (primary N) is 1. The molecule has 0 saturated heterocycles. The van der Waals surface area contributed by atoms with Crippen molar-refractivity contribution in [2.75, 3.05) is 0 Å². The molecule has 8 aromatic carbocycles. The first kappa shape index (κ1) is 45.3. The van der Waals surface area contributed by atoms with Crippen molar-refractivity contribution in [1.29, 1.82) is 0 Å². The van der Waals surface area contributed by atoms with Crippen LogP contribution in [0.4, 0.5) is 5.69 Å². The van der Waals surface area contributed by atoms with Gasteiger partial charge in [0, 0.05) is 45.4 Å². The van der Waals surface area contributed by atoms with Crippen LogP contribution in [0.1, 0.15) is 56.0 Å². The van der Waals surface area contributed by atoms with E-state index in [0.717, 1.165) is 16.8 Å². The summed E-state index contributed by atoms with van der Waals surface area (Å²) in [6.07, 6.45) is 4.00. The molecule has 0 radical (unpaired) electrons. The maximum absolute atomic E-state index is 6.40. The van der Waals surface area contributed by atoms with Gasteiger partial charge in [-0.2, -0.15) is 0 Å². The third-order valence-corrected chi connectivity index (χ3v) is 11.3. The Hall–Kier alpha value is -7.27. The topological polar surface area (TPSA) is 48.2 Å². The molecule has 0 spiro atoms. The Morgan fingerprint density at radius 3 is 1.89 bits per heavy atom. The molecule has 0 aliphatic heterocycles. The molecular weight excluding hydrogens is 765 g/mol. The van der Waals surface area contributed by atoms with E-state index in [1.165, 1.54) is 82.3 Å². The fourth-order valence-corrected chi connectivity index (χ4v) is 8.25. The molecule has 10 aromatic rings. The van der Waals surface area contributed by atoms with Crippen LogP contribution in [0.2, 0.25) is 0 Å². The Balaban J connectivity index is 0.000000200. The zero-order chi connectivity index (χ0) is 45.0. The van der Waals surface area contributed by atoms with E-state index in [-0.39, 0.29) is 6.04 Å². The Morgan fingerprint density at radius 2 is 1.19 bits per heavy atom. The highest BCUT2D eigenvalue weighted by atomic mass is 15.0. The fourth-order valence-electron chi connectivity index (χ4n) is 8.25. The van der Waals surface area contributed by atoms with Gasteiger partial charge in [0.2, 0.25) is 0 Å². The number of aromatic nitrogens is 2. The maximum atomic E-state index is 6.40. The molecule has 2 aromatic heterocycles. The monoisotopic (exact) mass is 824 g/mol. The lowest BCUT2D eigenvalue weighted by atomic mass is 9.96. The third-order valence-electron chi connectivity index (χ3n) is 11.3. The number of rotatable bonds is 5. The van der Waals surface area contributed by atoms with E-state index in [4.69, 9.17) is 5.73 Å². The summed E-state index contributed by atoms with van der Waals surface area (Å²) in [5, 5.41) is 7.61. The minimum Gasteiger partial charge on any atom is -0.343 e. The molecule has 0 fully saturated rings. The molecule has 4 nitrogen and oxygen atoms in total. The van der Waals surface area contributed by atoms with Crippen molar-refractivity contribution in [2.45, 2.75) is 47.6 Å². The number of aryl methyl sites for hydroxylation is 3. The second-order valence-electron chi connectivity index (χ2n) is 15.1. The summed E-state index contributed by atoms with van der Waals surface area (Å²) in [4.78, 5) is 4.05. The summed E-state index contributed by atoms with van der Waals surface area (Å²) >= 11 is 0. The second kappa shape index (κ2) is 21.0. The predicted octanol–water partition coefficient (Wildman–Crippen LogP) is 16.3. The smallest absolute Gasteiger partial charge is 0.0673 e. The Kier molecular flexibility index (Phi) is 15.1. The van der Waals surface area contributed by atoms with Gasteiger partial charge in [0.15, 0.2) is 0 Å².